The molecule has 0 radical (unpaired) electrons. The number of sulfonamides is 1. The molecule has 0 aromatic heterocycles. The van der Waals surface area contributed by atoms with Crippen molar-refractivity contribution in [2.24, 2.45) is 0 Å². The SMILES string of the molecule is C[C@@H](O)CNS(=O)(=O)c1c(F)cccc1-c1ccccc1. The monoisotopic (exact) mass is 309 g/mol. The average Bonchev–Trinajstić information content (AvgIpc) is 2.46. The molecule has 0 heterocycles. The summed E-state index contributed by atoms with van der Waals surface area (Å²) in [4.78, 5) is -0.406. The fourth-order valence-electron chi connectivity index (χ4n) is 1.93. The Hall–Kier alpha value is -1.76. The molecule has 0 amide bonds. The molecule has 0 aliphatic heterocycles. The van der Waals surface area contributed by atoms with Crippen molar-refractivity contribution < 1.29 is 17.9 Å². The van der Waals surface area contributed by atoms with E-state index in [1.807, 2.05) is 0 Å². The molecule has 112 valence electrons. The molecular weight excluding hydrogens is 293 g/mol. The summed E-state index contributed by atoms with van der Waals surface area (Å²) in [7, 11) is -4.05. The molecule has 0 spiro atoms. The number of nitrogens with one attached hydrogen (secondary N) is 1. The van der Waals surface area contributed by atoms with E-state index in [0.29, 0.717) is 5.56 Å². The van der Waals surface area contributed by atoms with Crippen LogP contribution in [0, 0.1) is 5.82 Å². The second-order valence-electron chi connectivity index (χ2n) is 4.68. The van der Waals surface area contributed by atoms with E-state index in [1.165, 1.54) is 13.0 Å². The summed E-state index contributed by atoms with van der Waals surface area (Å²) in [5.74, 6) is -0.825. The summed E-state index contributed by atoms with van der Waals surface area (Å²) in [5, 5.41) is 9.20. The van der Waals surface area contributed by atoms with Crippen molar-refractivity contribution in [3.8, 4) is 11.1 Å². The van der Waals surface area contributed by atoms with Crippen LogP contribution >= 0.6 is 0 Å². The van der Waals surface area contributed by atoms with Crippen molar-refractivity contribution in [1.29, 1.82) is 0 Å². The van der Waals surface area contributed by atoms with E-state index in [0.717, 1.165) is 6.07 Å². The maximum atomic E-state index is 14.1. The molecule has 0 saturated heterocycles. The number of aliphatic hydroxyl groups is 1. The number of hydrogen-bond acceptors (Lipinski definition) is 3. The zero-order valence-corrected chi connectivity index (χ0v) is 12.3. The van der Waals surface area contributed by atoms with Gasteiger partial charge in [0.15, 0.2) is 0 Å². The first-order valence-electron chi connectivity index (χ1n) is 6.43. The van der Waals surface area contributed by atoms with Crippen LogP contribution in [0.15, 0.2) is 53.4 Å². The fraction of sp³-hybridized carbons (Fsp3) is 0.200. The van der Waals surface area contributed by atoms with Crippen molar-refractivity contribution in [2.45, 2.75) is 17.9 Å². The van der Waals surface area contributed by atoms with E-state index in [-0.39, 0.29) is 12.1 Å². The maximum absolute atomic E-state index is 14.1. The highest BCUT2D eigenvalue weighted by Crippen LogP contribution is 2.29. The van der Waals surface area contributed by atoms with Gasteiger partial charge in [-0.2, -0.15) is 0 Å². The lowest BCUT2D eigenvalue weighted by Crippen LogP contribution is -2.31. The van der Waals surface area contributed by atoms with Crippen molar-refractivity contribution in [3.05, 3.63) is 54.3 Å². The van der Waals surface area contributed by atoms with Gasteiger partial charge in [-0.3, -0.25) is 0 Å². The molecule has 0 fully saturated rings. The second-order valence-corrected chi connectivity index (χ2v) is 6.39. The summed E-state index contributed by atoms with van der Waals surface area (Å²) >= 11 is 0. The normalized spacial score (nSPS) is 13.1. The molecule has 1 atom stereocenters. The van der Waals surface area contributed by atoms with Crippen molar-refractivity contribution in [1.82, 2.24) is 4.72 Å². The number of hydrogen-bond donors (Lipinski definition) is 2. The summed E-state index contributed by atoms with van der Waals surface area (Å²) < 4.78 is 40.9. The van der Waals surface area contributed by atoms with Gasteiger partial charge in [0.25, 0.3) is 0 Å². The molecule has 21 heavy (non-hydrogen) atoms. The Morgan fingerprint density at radius 1 is 1.14 bits per heavy atom. The molecule has 0 bridgehead atoms. The van der Waals surface area contributed by atoms with Crippen LogP contribution in [0.1, 0.15) is 6.92 Å². The Morgan fingerprint density at radius 3 is 2.43 bits per heavy atom. The zero-order chi connectivity index (χ0) is 15.5. The van der Waals surface area contributed by atoms with Gasteiger partial charge in [0, 0.05) is 12.1 Å². The standard InChI is InChI=1S/C15H16FNO3S/c1-11(18)10-17-21(19,20)15-13(8-5-9-14(15)16)12-6-3-2-4-7-12/h2-9,11,17-18H,10H2,1H3/t11-/m1/s1. The summed E-state index contributed by atoms with van der Waals surface area (Å²) in [5.41, 5.74) is 0.892. The summed E-state index contributed by atoms with van der Waals surface area (Å²) in [6, 6.07) is 12.8. The van der Waals surface area contributed by atoms with Crippen LogP contribution in [0.5, 0.6) is 0 Å². The smallest absolute Gasteiger partial charge is 0.244 e. The first-order chi connectivity index (χ1) is 9.92. The molecule has 2 N–H and O–H groups in total. The van der Waals surface area contributed by atoms with Gasteiger partial charge < -0.3 is 5.11 Å². The molecule has 2 aromatic rings. The van der Waals surface area contributed by atoms with Gasteiger partial charge >= 0.3 is 0 Å². The minimum absolute atomic E-state index is 0.176. The first kappa shape index (κ1) is 15.6. The Labute approximate surface area is 123 Å². The van der Waals surface area contributed by atoms with E-state index in [4.69, 9.17) is 0 Å². The lowest BCUT2D eigenvalue weighted by molar-refractivity contribution is 0.198. The third kappa shape index (κ3) is 3.66. The Kier molecular flexibility index (Phi) is 4.72. The van der Waals surface area contributed by atoms with E-state index < -0.39 is 26.8 Å². The van der Waals surface area contributed by atoms with Crippen LogP contribution in [0.4, 0.5) is 4.39 Å². The van der Waals surface area contributed by atoms with Gasteiger partial charge in [0.05, 0.1) is 6.10 Å². The molecule has 0 saturated carbocycles. The van der Waals surface area contributed by atoms with Crippen LogP contribution in [0.25, 0.3) is 11.1 Å². The highest BCUT2D eigenvalue weighted by molar-refractivity contribution is 7.89. The van der Waals surface area contributed by atoms with E-state index in [9.17, 15) is 17.9 Å². The van der Waals surface area contributed by atoms with Crippen LogP contribution in [0.2, 0.25) is 0 Å². The summed E-state index contributed by atoms with van der Waals surface area (Å²) in [6.45, 7) is 1.27. The Balaban J connectivity index is 2.53. The molecule has 6 heteroatoms. The van der Waals surface area contributed by atoms with Crippen molar-refractivity contribution in [2.75, 3.05) is 6.54 Å². The Bertz CT molecular complexity index is 715. The summed E-state index contributed by atoms with van der Waals surface area (Å²) in [6.07, 6.45) is -0.855. The van der Waals surface area contributed by atoms with E-state index in [2.05, 4.69) is 4.72 Å². The quantitative estimate of drug-likeness (QED) is 0.889. The van der Waals surface area contributed by atoms with E-state index in [1.54, 1.807) is 36.4 Å². The van der Waals surface area contributed by atoms with E-state index >= 15 is 0 Å². The van der Waals surface area contributed by atoms with Crippen molar-refractivity contribution in [3.63, 3.8) is 0 Å². The molecule has 0 aliphatic carbocycles. The number of benzene rings is 2. The molecule has 4 nitrogen and oxygen atoms in total. The highest BCUT2D eigenvalue weighted by atomic mass is 32.2. The second kappa shape index (κ2) is 6.34. The number of rotatable bonds is 5. The average molecular weight is 309 g/mol. The highest BCUT2D eigenvalue weighted by Gasteiger charge is 2.23. The predicted molar refractivity (Wildman–Crippen MR) is 78.7 cm³/mol. The lowest BCUT2D eigenvalue weighted by Gasteiger charge is -2.13. The van der Waals surface area contributed by atoms with Crippen molar-refractivity contribution >= 4 is 10.0 Å². The van der Waals surface area contributed by atoms with Gasteiger partial charge in [-0.1, -0.05) is 42.5 Å². The van der Waals surface area contributed by atoms with Crippen LogP contribution < -0.4 is 4.72 Å². The van der Waals surface area contributed by atoms with Crippen LogP contribution in [-0.4, -0.2) is 26.2 Å². The molecule has 0 unspecified atom stereocenters. The van der Waals surface area contributed by atoms with Gasteiger partial charge in [-0.05, 0) is 18.6 Å². The number of aliphatic hydroxyl groups excluding tert-OH is 1. The van der Waals surface area contributed by atoms with Gasteiger partial charge in [-0.25, -0.2) is 17.5 Å². The molecule has 2 aromatic carbocycles. The molecular formula is C15H16FNO3S. The zero-order valence-electron chi connectivity index (χ0n) is 11.5. The third-order valence-corrected chi connectivity index (χ3v) is 4.39. The minimum atomic E-state index is -4.05. The third-order valence-electron chi connectivity index (χ3n) is 2.89. The maximum Gasteiger partial charge on any atom is 0.244 e. The largest absolute Gasteiger partial charge is 0.392 e. The lowest BCUT2D eigenvalue weighted by atomic mass is 10.1. The van der Waals surface area contributed by atoms with Gasteiger partial charge in [0.1, 0.15) is 10.7 Å². The van der Waals surface area contributed by atoms with Crippen LogP contribution in [0.3, 0.4) is 0 Å². The Morgan fingerprint density at radius 2 is 1.81 bits per heavy atom. The van der Waals surface area contributed by atoms with Crippen LogP contribution in [-0.2, 0) is 10.0 Å². The number of halogens is 1. The first-order valence-corrected chi connectivity index (χ1v) is 7.92. The van der Waals surface area contributed by atoms with Gasteiger partial charge in [-0.15, -0.1) is 0 Å². The predicted octanol–water partition coefficient (Wildman–Crippen LogP) is 2.15. The minimum Gasteiger partial charge on any atom is -0.392 e. The molecule has 2 rings (SSSR count). The molecule has 0 aliphatic rings. The fourth-order valence-corrected chi connectivity index (χ4v) is 3.33. The van der Waals surface area contributed by atoms with Gasteiger partial charge in [0.2, 0.25) is 10.0 Å². The topological polar surface area (TPSA) is 66.4 Å².